The molecule has 2 aromatic heterocycles. The molecule has 0 aliphatic rings. The number of hydrogen-bond donors (Lipinski definition) is 1. The Bertz CT molecular complexity index is 1210. The predicted octanol–water partition coefficient (Wildman–Crippen LogP) is 4.82. The van der Waals surface area contributed by atoms with Crippen LogP contribution in [0.1, 0.15) is 21.7 Å². The number of nitrogens with one attached hydrogen (secondary N) is 1. The van der Waals surface area contributed by atoms with E-state index in [1.54, 1.807) is 12.1 Å². The van der Waals surface area contributed by atoms with E-state index >= 15 is 0 Å². The molecule has 0 aliphatic heterocycles. The highest BCUT2D eigenvalue weighted by atomic mass is 32.1. The summed E-state index contributed by atoms with van der Waals surface area (Å²) < 4.78 is 20.8. The molecule has 7 heteroatoms. The van der Waals surface area contributed by atoms with Gasteiger partial charge < -0.3 is 10.1 Å². The van der Waals surface area contributed by atoms with Crippen molar-refractivity contribution in [2.45, 2.75) is 27.3 Å². The van der Waals surface area contributed by atoms with Crippen LogP contribution >= 0.6 is 11.3 Å². The van der Waals surface area contributed by atoms with Crippen LogP contribution in [0.3, 0.4) is 0 Å². The summed E-state index contributed by atoms with van der Waals surface area (Å²) in [6, 6.07) is 12.1. The van der Waals surface area contributed by atoms with Gasteiger partial charge in [-0.1, -0.05) is 23.5 Å². The quantitative estimate of drug-likeness (QED) is 0.484. The number of benzene rings is 2. The summed E-state index contributed by atoms with van der Waals surface area (Å²) in [6.07, 6.45) is 1.93. The van der Waals surface area contributed by atoms with E-state index in [0.717, 1.165) is 43.7 Å². The van der Waals surface area contributed by atoms with E-state index in [9.17, 15) is 9.18 Å². The van der Waals surface area contributed by atoms with Crippen LogP contribution in [0.4, 0.5) is 4.39 Å². The molecule has 0 aliphatic carbocycles. The molecule has 0 saturated heterocycles. The Morgan fingerprint density at radius 1 is 1.17 bits per heavy atom. The van der Waals surface area contributed by atoms with Gasteiger partial charge in [-0.15, -0.1) is 0 Å². The maximum atomic E-state index is 13.1. The number of amides is 1. The summed E-state index contributed by atoms with van der Waals surface area (Å²) in [5, 5.41) is 2.91. The SMILES string of the molecule is Cc1cccc(OCC(=O)NCc2sc3nc(-c4ccc(F)cc4)cn3c2C)c1C. The highest BCUT2D eigenvalue weighted by Crippen LogP contribution is 2.27. The number of aromatic nitrogens is 2. The first kappa shape index (κ1) is 20.1. The van der Waals surface area contributed by atoms with Gasteiger partial charge in [0.2, 0.25) is 0 Å². The van der Waals surface area contributed by atoms with Crippen molar-refractivity contribution in [1.29, 1.82) is 0 Å². The molecule has 1 amide bonds. The molecular formula is C23H22FN3O2S. The molecule has 4 rings (SSSR count). The van der Waals surface area contributed by atoms with Gasteiger partial charge in [-0.2, -0.15) is 0 Å². The third-order valence-electron chi connectivity index (χ3n) is 5.15. The number of ether oxygens (including phenoxy) is 1. The zero-order valence-electron chi connectivity index (χ0n) is 17.0. The van der Waals surface area contributed by atoms with Gasteiger partial charge in [0.25, 0.3) is 5.91 Å². The summed E-state index contributed by atoms with van der Waals surface area (Å²) in [5.41, 5.74) is 4.85. The fourth-order valence-corrected chi connectivity index (χ4v) is 4.21. The average Bonchev–Trinajstić information content (AvgIpc) is 3.27. The Morgan fingerprint density at radius 3 is 2.67 bits per heavy atom. The van der Waals surface area contributed by atoms with Crippen molar-refractivity contribution in [3.05, 3.63) is 76.2 Å². The molecule has 0 spiro atoms. The van der Waals surface area contributed by atoms with E-state index in [-0.39, 0.29) is 18.3 Å². The fraction of sp³-hybridized carbons (Fsp3) is 0.217. The standard InChI is InChI=1S/C23H22FN3O2S/c1-14-5-4-6-20(15(14)2)29-13-22(28)25-11-21-16(3)27-12-19(26-23(27)30-21)17-7-9-18(24)10-8-17/h4-10,12H,11,13H2,1-3H3,(H,25,28). The number of aryl methyl sites for hydroxylation is 2. The molecule has 2 aromatic carbocycles. The molecule has 154 valence electrons. The van der Waals surface area contributed by atoms with Crippen LogP contribution in [0.15, 0.2) is 48.7 Å². The van der Waals surface area contributed by atoms with E-state index in [0.29, 0.717) is 6.54 Å². The van der Waals surface area contributed by atoms with Crippen molar-refractivity contribution < 1.29 is 13.9 Å². The first-order chi connectivity index (χ1) is 14.4. The van der Waals surface area contributed by atoms with Gasteiger partial charge in [-0.25, -0.2) is 9.37 Å². The van der Waals surface area contributed by atoms with E-state index in [2.05, 4.69) is 10.3 Å². The van der Waals surface area contributed by atoms with Gasteiger partial charge in [0.15, 0.2) is 11.6 Å². The molecular weight excluding hydrogens is 401 g/mol. The van der Waals surface area contributed by atoms with E-state index in [1.807, 2.05) is 49.6 Å². The van der Waals surface area contributed by atoms with Gasteiger partial charge in [0.05, 0.1) is 12.2 Å². The minimum atomic E-state index is -0.268. The number of carbonyl (C=O) groups excluding carboxylic acids is 1. The molecule has 2 heterocycles. The minimum Gasteiger partial charge on any atom is -0.483 e. The monoisotopic (exact) mass is 423 g/mol. The van der Waals surface area contributed by atoms with Crippen molar-refractivity contribution in [2.75, 3.05) is 6.61 Å². The van der Waals surface area contributed by atoms with Crippen molar-refractivity contribution >= 4 is 22.2 Å². The Hall–Kier alpha value is -3.19. The lowest BCUT2D eigenvalue weighted by molar-refractivity contribution is -0.123. The lowest BCUT2D eigenvalue weighted by Gasteiger charge is -2.11. The zero-order valence-corrected chi connectivity index (χ0v) is 17.8. The van der Waals surface area contributed by atoms with Crippen LogP contribution in [0.25, 0.3) is 16.2 Å². The summed E-state index contributed by atoms with van der Waals surface area (Å²) in [6.45, 7) is 6.38. The Kier molecular flexibility index (Phi) is 5.55. The van der Waals surface area contributed by atoms with Crippen LogP contribution in [0.2, 0.25) is 0 Å². The topological polar surface area (TPSA) is 55.6 Å². The van der Waals surface area contributed by atoms with Gasteiger partial charge in [-0.05, 0) is 62.2 Å². The normalized spacial score (nSPS) is 11.1. The fourth-order valence-electron chi connectivity index (χ4n) is 3.17. The third-order valence-corrected chi connectivity index (χ3v) is 6.31. The van der Waals surface area contributed by atoms with Crippen LogP contribution in [0, 0.1) is 26.6 Å². The lowest BCUT2D eigenvalue weighted by atomic mass is 10.1. The average molecular weight is 424 g/mol. The number of nitrogens with zero attached hydrogens (tertiary/aromatic N) is 2. The van der Waals surface area contributed by atoms with E-state index < -0.39 is 0 Å². The highest BCUT2D eigenvalue weighted by molar-refractivity contribution is 7.17. The summed E-state index contributed by atoms with van der Waals surface area (Å²) in [4.78, 5) is 18.7. The number of rotatable bonds is 6. The van der Waals surface area contributed by atoms with E-state index in [4.69, 9.17) is 4.74 Å². The number of halogens is 1. The summed E-state index contributed by atoms with van der Waals surface area (Å²) in [7, 11) is 0. The Morgan fingerprint density at radius 2 is 1.93 bits per heavy atom. The van der Waals surface area contributed by atoms with Crippen molar-refractivity contribution in [2.24, 2.45) is 0 Å². The molecule has 0 unspecified atom stereocenters. The van der Waals surface area contributed by atoms with Crippen LogP contribution in [0.5, 0.6) is 5.75 Å². The first-order valence-corrected chi connectivity index (χ1v) is 10.4. The second-order valence-corrected chi connectivity index (χ2v) is 8.22. The molecule has 0 radical (unpaired) electrons. The van der Waals surface area contributed by atoms with Gasteiger partial charge in [0.1, 0.15) is 11.6 Å². The largest absolute Gasteiger partial charge is 0.483 e. The second kappa shape index (κ2) is 8.28. The molecule has 0 fully saturated rings. The smallest absolute Gasteiger partial charge is 0.258 e. The second-order valence-electron chi connectivity index (χ2n) is 7.16. The number of fused-ring (bicyclic) bond motifs is 1. The number of thiazole rings is 1. The lowest BCUT2D eigenvalue weighted by Crippen LogP contribution is -2.28. The van der Waals surface area contributed by atoms with Crippen molar-refractivity contribution in [3.63, 3.8) is 0 Å². The number of imidazole rings is 1. The maximum Gasteiger partial charge on any atom is 0.258 e. The molecule has 1 N–H and O–H groups in total. The maximum absolute atomic E-state index is 13.1. The third kappa shape index (κ3) is 4.07. The summed E-state index contributed by atoms with van der Waals surface area (Å²) in [5.74, 6) is 0.285. The minimum absolute atomic E-state index is 0.0272. The summed E-state index contributed by atoms with van der Waals surface area (Å²) >= 11 is 1.53. The molecule has 30 heavy (non-hydrogen) atoms. The molecule has 0 bridgehead atoms. The number of hydrogen-bond acceptors (Lipinski definition) is 4. The van der Waals surface area contributed by atoms with Crippen LogP contribution in [-0.4, -0.2) is 21.9 Å². The molecule has 0 atom stereocenters. The van der Waals surface area contributed by atoms with Crippen molar-refractivity contribution in [3.8, 4) is 17.0 Å². The number of carbonyl (C=O) groups is 1. The van der Waals surface area contributed by atoms with E-state index in [1.165, 1.54) is 23.5 Å². The Labute approximate surface area is 178 Å². The molecule has 4 aromatic rings. The van der Waals surface area contributed by atoms with Crippen LogP contribution in [-0.2, 0) is 11.3 Å². The molecule has 0 saturated carbocycles. The van der Waals surface area contributed by atoms with Crippen LogP contribution < -0.4 is 10.1 Å². The predicted molar refractivity (Wildman–Crippen MR) is 116 cm³/mol. The zero-order chi connectivity index (χ0) is 21.3. The highest BCUT2D eigenvalue weighted by Gasteiger charge is 2.14. The first-order valence-electron chi connectivity index (χ1n) is 9.61. The van der Waals surface area contributed by atoms with Gasteiger partial charge in [-0.3, -0.25) is 9.20 Å². The van der Waals surface area contributed by atoms with Gasteiger partial charge >= 0.3 is 0 Å². The molecule has 5 nitrogen and oxygen atoms in total. The van der Waals surface area contributed by atoms with Gasteiger partial charge in [0, 0.05) is 22.3 Å². The van der Waals surface area contributed by atoms with Crippen molar-refractivity contribution in [1.82, 2.24) is 14.7 Å². The Balaban J connectivity index is 1.39.